The number of aliphatic hydroxyl groups excluding tert-OH is 1. The van der Waals surface area contributed by atoms with Crippen molar-refractivity contribution in [1.82, 2.24) is 0 Å². The molecule has 1 unspecified atom stereocenters. The van der Waals surface area contributed by atoms with Gasteiger partial charge in [0.1, 0.15) is 23.9 Å². The van der Waals surface area contributed by atoms with Gasteiger partial charge in [-0.05, 0) is 17.7 Å². The molecule has 6 heteroatoms. The second kappa shape index (κ2) is 6.68. The van der Waals surface area contributed by atoms with Gasteiger partial charge in [-0.1, -0.05) is 54.1 Å². The molecular weight excluding hydrogens is 344 g/mol. The lowest BCUT2D eigenvalue weighted by Gasteiger charge is -2.50. The van der Waals surface area contributed by atoms with Crippen molar-refractivity contribution in [3.63, 3.8) is 0 Å². The predicted molar refractivity (Wildman–Crippen MR) is 91.1 cm³/mol. The number of aliphatic hydroxyl groups is 2. The highest BCUT2D eigenvalue weighted by molar-refractivity contribution is 6.30. The predicted octanol–water partition coefficient (Wildman–Crippen LogP) is 2.40. The molecule has 0 saturated carbocycles. The Labute approximate surface area is 150 Å². The lowest BCUT2D eigenvalue weighted by Crippen LogP contribution is -2.64. The van der Waals surface area contributed by atoms with Gasteiger partial charge in [-0.25, -0.2) is 0 Å². The summed E-state index contributed by atoms with van der Waals surface area (Å²) < 4.78 is 17.4. The van der Waals surface area contributed by atoms with Crippen molar-refractivity contribution >= 4 is 11.6 Å². The van der Waals surface area contributed by atoms with Gasteiger partial charge in [0.15, 0.2) is 6.29 Å². The summed E-state index contributed by atoms with van der Waals surface area (Å²) in [5, 5.41) is 22.4. The molecule has 0 radical (unpaired) electrons. The Morgan fingerprint density at radius 2 is 1.80 bits per heavy atom. The molecule has 2 aromatic rings. The van der Waals surface area contributed by atoms with Gasteiger partial charge in [0, 0.05) is 10.6 Å². The average molecular weight is 363 g/mol. The minimum atomic E-state index is -1.63. The Morgan fingerprint density at radius 1 is 1.00 bits per heavy atom. The van der Waals surface area contributed by atoms with Crippen LogP contribution in [0, 0.1) is 0 Å². The molecule has 2 heterocycles. The third kappa shape index (κ3) is 2.97. The highest BCUT2D eigenvalue weighted by atomic mass is 35.5. The highest BCUT2D eigenvalue weighted by Crippen LogP contribution is 2.42. The molecule has 0 amide bonds. The topological polar surface area (TPSA) is 68.2 Å². The van der Waals surface area contributed by atoms with Gasteiger partial charge in [-0.3, -0.25) is 0 Å². The van der Waals surface area contributed by atoms with Crippen LogP contribution in [0.3, 0.4) is 0 Å². The van der Waals surface area contributed by atoms with Crippen molar-refractivity contribution in [2.75, 3.05) is 13.2 Å². The van der Waals surface area contributed by atoms with Gasteiger partial charge in [0.2, 0.25) is 0 Å². The van der Waals surface area contributed by atoms with E-state index in [0.29, 0.717) is 10.6 Å². The van der Waals surface area contributed by atoms with E-state index in [4.69, 9.17) is 25.8 Å². The number of hydrogen-bond acceptors (Lipinski definition) is 5. The molecule has 0 aliphatic carbocycles. The maximum Gasteiger partial charge on any atom is 0.184 e. The van der Waals surface area contributed by atoms with E-state index in [0.717, 1.165) is 5.56 Å². The number of hydrogen-bond donors (Lipinski definition) is 2. The molecule has 0 bridgehead atoms. The number of rotatable bonds is 2. The van der Waals surface area contributed by atoms with Gasteiger partial charge in [0.05, 0.1) is 13.2 Å². The summed E-state index contributed by atoms with van der Waals surface area (Å²) in [5.41, 5.74) is -0.293. The fraction of sp³-hybridized carbons (Fsp3) is 0.368. The van der Waals surface area contributed by atoms with Crippen LogP contribution in [0.15, 0.2) is 54.6 Å². The summed E-state index contributed by atoms with van der Waals surface area (Å²) >= 11 is 6.08. The van der Waals surface area contributed by atoms with E-state index >= 15 is 0 Å². The van der Waals surface area contributed by atoms with Crippen molar-refractivity contribution in [3.05, 3.63) is 70.7 Å². The second-order valence-electron chi connectivity index (χ2n) is 6.36. The zero-order chi connectivity index (χ0) is 17.4. The maximum absolute atomic E-state index is 11.4. The molecule has 25 heavy (non-hydrogen) atoms. The first-order valence-electron chi connectivity index (χ1n) is 8.19. The van der Waals surface area contributed by atoms with Crippen LogP contribution in [0.25, 0.3) is 0 Å². The molecule has 5 atom stereocenters. The zero-order valence-corrected chi connectivity index (χ0v) is 14.2. The zero-order valence-electron chi connectivity index (χ0n) is 13.4. The number of halogens is 1. The summed E-state index contributed by atoms with van der Waals surface area (Å²) in [5.74, 6) is 0. The van der Waals surface area contributed by atoms with Crippen LogP contribution in [0.1, 0.15) is 17.4 Å². The molecule has 0 spiro atoms. The molecule has 2 aromatic carbocycles. The third-order valence-corrected chi connectivity index (χ3v) is 5.02. The normalized spacial score (nSPS) is 35.2. The lowest BCUT2D eigenvalue weighted by atomic mass is 9.78. The Balaban J connectivity index is 1.70. The molecule has 2 N–H and O–H groups in total. The van der Waals surface area contributed by atoms with E-state index in [1.165, 1.54) is 0 Å². The van der Waals surface area contributed by atoms with Crippen LogP contribution in [0.4, 0.5) is 0 Å². The Bertz CT molecular complexity index is 740. The summed E-state index contributed by atoms with van der Waals surface area (Å²) in [4.78, 5) is 0. The SMILES string of the molecule is O[C@H]1CO[C@@H]2COC(c3ccccc3)O[C@H]2[C@@]1(O)c1cccc(Cl)c1. The van der Waals surface area contributed by atoms with Gasteiger partial charge < -0.3 is 24.4 Å². The monoisotopic (exact) mass is 362 g/mol. The lowest BCUT2D eigenvalue weighted by molar-refractivity contribution is -0.345. The maximum atomic E-state index is 11.4. The van der Waals surface area contributed by atoms with Crippen molar-refractivity contribution in [3.8, 4) is 0 Å². The molecule has 5 nitrogen and oxygen atoms in total. The second-order valence-corrected chi connectivity index (χ2v) is 6.79. The molecule has 4 rings (SSSR count). The fourth-order valence-corrected chi connectivity index (χ4v) is 3.65. The van der Waals surface area contributed by atoms with Gasteiger partial charge >= 0.3 is 0 Å². The summed E-state index contributed by atoms with van der Waals surface area (Å²) in [7, 11) is 0. The molecule has 0 aromatic heterocycles. The van der Waals surface area contributed by atoms with E-state index in [1.807, 2.05) is 30.3 Å². The highest BCUT2D eigenvalue weighted by Gasteiger charge is 2.56. The standard InChI is InChI=1S/C19H19ClO5/c20-14-8-4-7-13(9-14)19(22)16(21)11-23-15-10-24-18(25-17(15)19)12-5-2-1-3-6-12/h1-9,15-18,21-22H,10-11H2/t15-,16+,17-,18?,19-/m1/s1. The third-order valence-electron chi connectivity index (χ3n) is 4.79. The molecule has 2 aliphatic heterocycles. The molecule has 2 fully saturated rings. The van der Waals surface area contributed by atoms with Crippen LogP contribution in [0.5, 0.6) is 0 Å². The van der Waals surface area contributed by atoms with Crippen molar-refractivity contribution in [2.45, 2.75) is 30.2 Å². The van der Waals surface area contributed by atoms with E-state index in [2.05, 4.69) is 0 Å². The number of fused-ring (bicyclic) bond motifs is 1. The van der Waals surface area contributed by atoms with Gasteiger partial charge in [-0.2, -0.15) is 0 Å². The van der Waals surface area contributed by atoms with Gasteiger partial charge in [-0.15, -0.1) is 0 Å². The van der Waals surface area contributed by atoms with Gasteiger partial charge in [0.25, 0.3) is 0 Å². The molecule has 2 aliphatic rings. The summed E-state index contributed by atoms with van der Waals surface area (Å²) in [6.45, 7) is 0.257. The van der Waals surface area contributed by atoms with Crippen LogP contribution in [-0.4, -0.2) is 41.7 Å². The van der Waals surface area contributed by atoms with E-state index in [1.54, 1.807) is 24.3 Å². The minimum Gasteiger partial charge on any atom is -0.387 e. The van der Waals surface area contributed by atoms with E-state index in [9.17, 15) is 10.2 Å². The summed E-state index contributed by atoms with van der Waals surface area (Å²) in [6.07, 6.45) is -3.04. The van der Waals surface area contributed by atoms with E-state index < -0.39 is 30.2 Å². The van der Waals surface area contributed by atoms with Crippen LogP contribution in [-0.2, 0) is 19.8 Å². The molecule has 2 saturated heterocycles. The fourth-order valence-electron chi connectivity index (χ4n) is 3.46. The Hall–Kier alpha value is -1.47. The quantitative estimate of drug-likeness (QED) is 0.858. The Morgan fingerprint density at radius 3 is 2.56 bits per heavy atom. The number of benzene rings is 2. The molecular formula is C19H19ClO5. The Kier molecular flexibility index (Phi) is 4.54. The minimum absolute atomic E-state index is 0.00704. The van der Waals surface area contributed by atoms with Crippen LogP contribution >= 0.6 is 11.6 Å². The van der Waals surface area contributed by atoms with Crippen molar-refractivity contribution in [1.29, 1.82) is 0 Å². The first-order valence-corrected chi connectivity index (χ1v) is 8.57. The average Bonchev–Trinajstić information content (AvgIpc) is 2.65. The first kappa shape index (κ1) is 17.0. The van der Waals surface area contributed by atoms with E-state index in [-0.39, 0.29) is 13.2 Å². The van der Waals surface area contributed by atoms with Crippen LogP contribution < -0.4 is 0 Å². The molecule has 132 valence electrons. The summed E-state index contributed by atoms with van der Waals surface area (Å²) in [6, 6.07) is 16.3. The van der Waals surface area contributed by atoms with Crippen molar-refractivity contribution in [2.24, 2.45) is 0 Å². The largest absolute Gasteiger partial charge is 0.387 e. The van der Waals surface area contributed by atoms with Crippen LogP contribution in [0.2, 0.25) is 5.02 Å². The van der Waals surface area contributed by atoms with Crippen molar-refractivity contribution < 1.29 is 24.4 Å². The first-order chi connectivity index (χ1) is 12.1. The number of ether oxygens (including phenoxy) is 3. The smallest absolute Gasteiger partial charge is 0.184 e.